The Kier molecular flexibility index (Phi) is 6.01. The van der Waals surface area contributed by atoms with E-state index in [1.165, 1.54) is 5.57 Å². The molecular formula is C18H19Cl2NO. The summed E-state index contributed by atoms with van der Waals surface area (Å²) < 4.78 is 0. The van der Waals surface area contributed by atoms with E-state index >= 15 is 0 Å². The van der Waals surface area contributed by atoms with Crippen molar-refractivity contribution in [2.75, 3.05) is 0 Å². The molecule has 116 valence electrons. The maximum Gasteiger partial charge on any atom is 0.0699 e. The molecule has 0 amide bonds. The van der Waals surface area contributed by atoms with Gasteiger partial charge >= 0.3 is 0 Å². The fraction of sp³-hybridized carbons (Fsp3) is 0.278. The lowest BCUT2D eigenvalue weighted by atomic mass is 9.89. The number of halogens is 2. The van der Waals surface area contributed by atoms with Crippen molar-refractivity contribution in [1.82, 2.24) is 4.98 Å². The number of aromatic nitrogens is 1. The Morgan fingerprint density at radius 1 is 1.27 bits per heavy atom. The molecule has 0 aliphatic carbocycles. The van der Waals surface area contributed by atoms with Crippen molar-refractivity contribution in [1.29, 1.82) is 0 Å². The lowest BCUT2D eigenvalue weighted by Gasteiger charge is -2.19. The zero-order valence-corrected chi connectivity index (χ0v) is 14.2. The first-order valence-corrected chi connectivity index (χ1v) is 7.91. The number of aliphatic hydroxyl groups is 1. The zero-order chi connectivity index (χ0) is 16.1. The van der Waals surface area contributed by atoms with Gasteiger partial charge in [0.05, 0.1) is 12.3 Å². The molecule has 1 unspecified atom stereocenters. The Balaban J connectivity index is 2.53. The summed E-state index contributed by atoms with van der Waals surface area (Å²) in [6, 6.07) is 9.23. The van der Waals surface area contributed by atoms with Crippen LogP contribution in [-0.4, -0.2) is 10.1 Å². The average Bonchev–Trinajstić information content (AvgIpc) is 2.49. The third-order valence-electron chi connectivity index (χ3n) is 3.53. The smallest absolute Gasteiger partial charge is 0.0699 e. The van der Waals surface area contributed by atoms with Crippen LogP contribution in [0.4, 0.5) is 0 Å². The Bertz CT molecular complexity index is 679. The number of hydrogen-bond donors (Lipinski definition) is 1. The Labute approximate surface area is 141 Å². The van der Waals surface area contributed by atoms with Crippen molar-refractivity contribution >= 4 is 23.2 Å². The minimum absolute atomic E-state index is 0.0111. The van der Waals surface area contributed by atoms with Crippen molar-refractivity contribution < 1.29 is 5.11 Å². The number of pyridine rings is 1. The molecule has 2 rings (SSSR count). The summed E-state index contributed by atoms with van der Waals surface area (Å²) in [6.07, 6.45) is 4.67. The van der Waals surface area contributed by atoms with E-state index in [1.54, 1.807) is 12.3 Å². The normalized spacial score (nSPS) is 12.0. The molecule has 1 aromatic carbocycles. The largest absolute Gasteiger partial charge is 0.392 e. The van der Waals surface area contributed by atoms with E-state index in [-0.39, 0.29) is 12.5 Å². The van der Waals surface area contributed by atoms with E-state index in [1.807, 2.05) is 24.3 Å². The summed E-state index contributed by atoms with van der Waals surface area (Å²) in [4.78, 5) is 4.49. The topological polar surface area (TPSA) is 33.1 Å². The quantitative estimate of drug-likeness (QED) is 0.745. The number of allylic oxidation sites excluding steroid dienone is 2. The number of rotatable bonds is 5. The molecule has 4 heteroatoms. The summed E-state index contributed by atoms with van der Waals surface area (Å²) in [5.41, 5.74) is 3.88. The molecule has 0 saturated heterocycles. The van der Waals surface area contributed by atoms with Gasteiger partial charge in [-0.05, 0) is 49.6 Å². The SMILES string of the molecule is CC(C)=CCC(c1ccc(Cl)cc1Cl)c1ncccc1CO. The van der Waals surface area contributed by atoms with Crippen molar-refractivity contribution in [3.63, 3.8) is 0 Å². The zero-order valence-electron chi connectivity index (χ0n) is 12.7. The van der Waals surface area contributed by atoms with Gasteiger partial charge in [-0.1, -0.05) is 47.0 Å². The Morgan fingerprint density at radius 2 is 2.05 bits per heavy atom. The van der Waals surface area contributed by atoms with Crippen molar-refractivity contribution in [2.45, 2.75) is 32.8 Å². The molecule has 0 bridgehead atoms. The van der Waals surface area contributed by atoms with Gasteiger partial charge in [-0.2, -0.15) is 0 Å². The van der Waals surface area contributed by atoms with Gasteiger partial charge in [-0.3, -0.25) is 4.98 Å². The van der Waals surface area contributed by atoms with Gasteiger partial charge in [0.1, 0.15) is 0 Å². The minimum atomic E-state index is -0.0420. The lowest BCUT2D eigenvalue weighted by molar-refractivity contribution is 0.279. The van der Waals surface area contributed by atoms with Crippen LogP contribution in [0.15, 0.2) is 48.2 Å². The van der Waals surface area contributed by atoms with Gasteiger partial charge in [-0.15, -0.1) is 0 Å². The van der Waals surface area contributed by atoms with Gasteiger partial charge in [-0.25, -0.2) is 0 Å². The molecule has 2 aromatic rings. The van der Waals surface area contributed by atoms with Gasteiger partial charge in [0, 0.05) is 22.2 Å². The first-order chi connectivity index (χ1) is 10.5. The van der Waals surface area contributed by atoms with Crippen molar-refractivity contribution in [3.8, 4) is 0 Å². The first kappa shape index (κ1) is 17.0. The number of aliphatic hydroxyl groups excluding tert-OH is 1. The second kappa shape index (κ2) is 7.77. The molecule has 22 heavy (non-hydrogen) atoms. The summed E-state index contributed by atoms with van der Waals surface area (Å²) in [7, 11) is 0. The van der Waals surface area contributed by atoms with Gasteiger partial charge in [0.2, 0.25) is 0 Å². The lowest BCUT2D eigenvalue weighted by Crippen LogP contribution is -2.07. The van der Waals surface area contributed by atoms with Crippen molar-refractivity contribution in [2.24, 2.45) is 0 Å². The fourth-order valence-corrected chi connectivity index (χ4v) is 2.96. The van der Waals surface area contributed by atoms with E-state index in [4.69, 9.17) is 23.2 Å². The Morgan fingerprint density at radius 3 is 2.68 bits per heavy atom. The number of nitrogens with zero attached hydrogens (tertiary/aromatic N) is 1. The first-order valence-electron chi connectivity index (χ1n) is 7.16. The average molecular weight is 336 g/mol. The maximum atomic E-state index is 9.60. The molecule has 0 saturated carbocycles. The van der Waals surface area contributed by atoms with Crippen LogP contribution in [0.1, 0.15) is 43.0 Å². The standard InChI is InChI=1S/C18H19Cl2NO/c1-12(2)5-7-16(15-8-6-14(19)10-17(15)20)18-13(11-22)4-3-9-21-18/h3-6,8-10,16,22H,7,11H2,1-2H3. The van der Waals surface area contributed by atoms with Crippen LogP contribution in [0.25, 0.3) is 0 Å². The van der Waals surface area contributed by atoms with E-state index in [2.05, 4.69) is 24.9 Å². The van der Waals surface area contributed by atoms with Crippen molar-refractivity contribution in [3.05, 3.63) is 75.0 Å². The molecule has 0 aliphatic rings. The third kappa shape index (κ3) is 4.10. The second-order valence-electron chi connectivity index (χ2n) is 5.44. The highest BCUT2D eigenvalue weighted by molar-refractivity contribution is 6.35. The predicted molar refractivity (Wildman–Crippen MR) is 92.5 cm³/mol. The van der Waals surface area contributed by atoms with E-state index in [0.717, 1.165) is 23.2 Å². The van der Waals surface area contributed by atoms with Gasteiger partial charge < -0.3 is 5.11 Å². The molecule has 0 spiro atoms. The molecule has 1 atom stereocenters. The fourth-order valence-electron chi connectivity index (χ4n) is 2.42. The van der Waals surface area contributed by atoms with Crippen LogP contribution in [0.5, 0.6) is 0 Å². The summed E-state index contributed by atoms with van der Waals surface area (Å²) in [5, 5.41) is 10.8. The van der Waals surface area contributed by atoms with Gasteiger partial charge in [0.25, 0.3) is 0 Å². The highest BCUT2D eigenvalue weighted by Gasteiger charge is 2.20. The van der Waals surface area contributed by atoms with E-state index in [0.29, 0.717) is 10.0 Å². The molecule has 1 N–H and O–H groups in total. The minimum Gasteiger partial charge on any atom is -0.392 e. The van der Waals surface area contributed by atoms with Gasteiger partial charge in [0.15, 0.2) is 0 Å². The monoisotopic (exact) mass is 335 g/mol. The van der Waals surface area contributed by atoms with E-state index in [9.17, 15) is 5.11 Å². The maximum absolute atomic E-state index is 9.60. The molecule has 1 heterocycles. The number of benzene rings is 1. The highest BCUT2D eigenvalue weighted by atomic mass is 35.5. The summed E-state index contributed by atoms with van der Waals surface area (Å²) >= 11 is 12.4. The van der Waals surface area contributed by atoms with Crippen LogP contribution in [0.2, 0.25) is 10.0 Å². The molecule has 0 radical (unpaired) electrons. The molecule has 0 aliphatic heterocycles. The van der Waals surface area contributed by atoms with E-state index < -0.39 is 0 Å². The summed E-state index contributed by atoms with van der Waals surface area (Å²) in [5.74, 6) is -0.0111. The van der Waals surface area contributed by atoms with Crippen LogP contribution >= 0.6 is 23.2 Å². The molecular weight excluding hydrogens is 317 g/mol. The predicted octanol–water partition coefficient (Wildman–Crippen LogP) is 5.37. The Hall–Kier alpha value is -1.35. The van der Waals surface area contributed by atoms with Crippen LogP contribution < -0.4 is 0 Å². The third-order valence-corrected chi connectivity index (χ3v) is 4.09. The molecule has 1 aromatic heterocycles. The summed E-state index contributed by atoms with van der Waals surface area (Å²) in [6.45, 7) is 4.08. The number of hydrogen-bond acceptors (Lipinski definition) is 2. The molecule has 2 nitrogen and oxygen atoms in total. The van der Waals surface area contributed by atoms with Crippen LogP contribution in [0.3, 0.4) is 0 Å². The van der Waals surface area contributed by atoms with Crippen LogP contribution in [-0.2, 0) is 6.61 Å². The van der Waals surface area contributed by atoms with Crippen LogP contribution in [0, 0.1) is 0 Å². The second-order valence-corrected chi connectivity index (χ2v) is 6.29. The highest BCUT2D eigenvalue weighted by Crippen LogP contribution is 2.35. The molecule has 0 fully saturated rings.